The third-order valence-electron chi connectivity index (χ3n) is 2.43. The molecule has 0 unspecified atom stereocenters. The molecule has 0 bridgehead atoms. The third-order valence-corrected chi connectivity index (χ3v) is 2.43. The van der Waals surface area contributed by atoms with E-state index < -0.39 is 4.92 Å². The first kappa shape index (κ1) is 13.9. The summed E-state index contributed by atoms with van der Waals surface area (Å²) in [4.78, 5) is 20.2. The molecule has 0 aliphatic heterocycles. The summed E-state index contributed by atoms with van der Waals surface area (Å²) in [7, 11) is 2.72. The maximum atomic E-state index is 11.1. The van der Waals surface area contributed by atoms with E-state index in [1.54, 1.807) is 4.90 Å². The van der Waals surface area contributed by atoms with E-state index in [2.05, 4.69) is 9.97 Å². The Morgan fingerprint density at radius 3 is 2.22 bits per heavy atom. The van der Waals surface area contributed by atoms with Crippen LogP contribution in [0.25, 0.3) is 0 Å². The van der Waals surface area contributed by atoms with Gasteiger partial charge in [-0.05, 0) is 13.8 Å². The number of ether oxygens (including phenoxy) is 2. The van der Waals surface area contributed by atoms with Crippen LogP contribution in [0.1, 0.15) is 13.8 Å². The standard InChI is InChI=1S/C10H16N4O4/c1-5-13(6-2)8-7(14(15)16)9(17-3)12-10(11-8)18-4/h5-6H2,1-4H3. The molecule has 1 rings (SSSR count). The molecule has 1 heterocycles. The van der Waals surface area contributed by atoms with E-state index in [1.807, 2.05) is 13.8 Å². The van der Waals surface area contributed by atoms with E-state index >= 15 is 0 Å². The van der Waals surface area contributed by atoms with E-state index in [4.69, 9.17) is 9.47 Å². The van der Waals surface area contributed by atoms with Crippen LogP contribution in [0.2, 0.25) is 0 Å². The molecule has 0 saturated heterocycles. The predicted molar refractivity (Wildman–Crippen MR) is 65.4 cm³/mol. The minimum Gasteiger partial charge on any atom is -0.476 e. The molecule has 1 aromatic heterocycles. The molecule has 100 valence electrons. The van der Waals surface area contributed by atoms with Gasteiger partial charge >= 0.3 is 17.6 Å². The zero-order chi connectivity index (χ0) is 13.7. The average Bonchev–Trinajstić information content (AvgIpc) is 2.38. The third kappa shape index (κ3) is 2.58. The Balaban J connectivity index is 3.47. The lowest BCUT2D eigenvalue weighted by atomic mass is 10.4. The molecule has 0 N–H and O–H groups in total. The summed E-state index contributed by atoms with van der Waals surface area (Å²) in [6.45, 7) is 4.93. The van der Waals surface area contributed by atoms with Crippen molar-refractivity contribution in [3.05, 3.63) is 10.1 Å². The maximum Gasteiger partial charge on any atom is 0.373 e. The zero-order valence-corrected chi connectivity index (χ0v) is 10.8. The second kappa shape index (κ2) is 5.99. The molecule has 0 aliphatic rings. The molecule has 0 amide bonds. The largest absolute Gasteiger partial charge is 0.476 e. The van der Waals surface area contributed by atoms with Gasteiger partial charge in [-0.1, -0.05) is 0 Å². The number of nitrogens with zero attached hydrogens (tertiary/aromatic N) is 4. The molecule has 0 radical (unpaired) electrons. The fraction of sp³-hybridized carbons (Fsp3) is 0.600. The Hall–Kier alpha value is -2.12. The second-order valence-corrected chi connectivity index (χ2v) is 3.32. The van der Waals surface area contributed by atoms with Crippen LogP contribution in [0.4, 0.5) is 11.5 Å². The number of rotatable bonds is 6. The van der Waals surface area contributed by atoms with Crippen molar-refractivity contribution in [2.45, 2.75) is 13.8 Å². The van der Waals surface area contributed by atoms with Gasteiger partial charge in [-0.15, -0.1) is 0 Å². The lowest BCUT2D eigenvalue weighted by Crippen LogP contribution is -2.24. The van der Waals surface area contributed by atoms with Crippen LogP contribution in [-0.4, -0.2) is 42.2 Å². The molecule has 0 atom stereocenters. The topological polar surface area (TPSA) is 90.6 Å². The molecular formula is C10H16N4O4. The Bertz CT molecular complexity index is 434. The Kier molecular flexibility index (Phi) is 4.64. The van der Waals surface area contributed by atoms with Gasteiger partial charge in [0.25, 0.3) is 0 Å². The van der Waals surface area contributed by atoms with Gasteiger partial charge in [0.15, 0.2) is 0 Å². The summed E-state index contributed by atoms with van der Waals surface area (Å²) >= 11 is 0. The Morgan fingerprint density at radius 1 is 1.22 bits per heavy atom. The zero-order valence-electron chi connectivity index (χ0n) is 10.8. The van der Waals surface area contributed by atoms with E-state index in [0.29, 0.717) is 13.1 Å². The van der Waals surface area contributed by atoms with Crippen molar-refractivity contribution >= 4 is 11.5 Å². The SMILES string of the molecule is CCN(CC)c1nc(OC)nc(OC)c1[N+](=O)[O-]. The molecule has 8 heteroatoms. The molecule has 0 spiro atoms. The fourth-order valence-corrected chi connectivity index (χ4v) is 1.54. The summed E-state index contributed by atoms with van der Waals surface area (Å²) in [6.07, 6.45) is 0. The molecular weight excluding hydrogens is 240 g/mol. The van der Waals surface area contributed by atoms with Gasteiger partial charge in [0, 0.05) is 13.1 Å². The number of nitro groups is 1. The van der Waals surface area contributed by atoms with Gasteiger partial charge in [0.05, 0.1) is 19.1 Å². The minimum absolute atomic E-state index is 0.0411. The van der Waals surface area contributed by atoms with Crippen LogP contribution in [0.15, 0.2) is 0 Å². The Labute approximate surface area is 105 Å². The summed E-state index contributed by atoms with van der Waals surface area (Å²) in [5.41, 5.74) is -0.248. The number of hydrogen-bond acceptors (Lipinski definition) is 7. The van der Waals surface area contributed by atoms with Crippen molar-refractivity contribution in [2.24, 2.45) is 0 Å². The first-order valence-corrected chi connectivity index (χ1v) is 5.48. The first-order chi connectivity index (χ1) is 8.58. The molecule has 0 saturated carbocycles. The van der Waals surface area contributed by atoms with Gasteiger partial charge in [0.1, 0.15) is 0 Å². The van der Waals surface area contributed by atoms with E-state index in [-0.39, 0.29) is 23.4 Å². The molecule has 8 nitrogen and oxygen atoms in total. The van der Waals surface area contributed by atoms with Crippen LogP contribution in [0.5, 0.6) is 11.9 Å². The van der Waals surface area contributed by atoms with Crippen molar-refractivity contribution in [2.75, 3.05) is 32.2 Å². The highest BCUT2D eigenvalue weighted by Crippen LogP contribution is 2.35. The van der Waals surface area contributed by atoms with Crippen molar-refractivity contribution in [3.8, 4) is 11.9 Å². The lowest BCUT2D eigenvalue weighted by Gasteiger charge is -2.20. The molecule has 0 fully saturated rings. The second-order valence-electron chi connectivity index (χ2n) is 3.32. The van der Waals surface area contributed by atoms with Crippen LogP contribution in [0, 0.1) is 10.1 Å². The summed E-state index contributed by atoms with van der Waals surface area (Å²) in [6, 6.07) is 0.0411. The van der Waals surface area contributed by atoms with Gasteiger partial charge in [-0.25, -0.2) is 0 Å². The van der Waals surface area contributed by atoms with Gasteiger partial charge in [-0.3, -0.25) is 10.1 Å². The highest BCUT2D eigenvalue weighted by atomic mass is 16.6. The highest BCUT2D eigenvalue weighted by Gasteiger charge is 2.28. The van der Waals surface area contributed by atoms with Crippen molar-refractivity contribution in [3.63, 3.8) is 0 Å². The van der Waals surface area contributed by atoms with Gasteiger partial charge in [0.2, 0.25) is 5.82 Å². The fourth-order valence-electron chi connectivity index (χ4n) is 1.54. The number of hydrogen-bond donors (Lipinski definition) is 0. The number of methoxy groups -OCH3 is 2. The molecule has 0 aromatic carbocycles. The molecule has 0 aliphatic carbocycles. The van der Waals surface area contributed by atoms with Gasteiger partial charge in [-0.2, -0.15) is 9.97 Å². The lowest BCUT2D eigenvalue weighted by molar-refractivity contribution is -0.385. The quantitative estimate of drug-likeness (QED) is 0.558. The summed E-state index contributed by atoms with van der Waals surface area (Å²) in [5, 5.41) is 11.1. The molecule has 1 aromatic rings. The van der Waals surface area contributed by atoms with Crippen LogP contribution < -0.4 is 14.4 Å². The molecule has 18 heavy (non-hydrogen) atoms. The van der Waals surface area contributed by atoms with E-state index in [1.165, 1.54) is 14.2 Å². The summed E-state index contributed by atoms with van der Waals surface area (Å²) in [5.74, 6) is 0.0995. The van der Waals surface area contributed by atoms with Crippen molar-refractivity contribution in [1.82, 2.24) is 9.97 Å². The predicted octanol–water partition coefficient (Wildman–Crippen LogP) is 1.25. The van der Waals surface area contributed by atoms with Gasteiger partial charge < -0.3 is 14.4 Å². The first-order valence-electron chi connectivity index (χ1n) is 5.48. The highest BCUT2D eigenvalue weighted by molar-refractivity contribution is 5.63. The number of aromatic nitrogens is 2. The van der Waals surface area contributed by atoms with Crippen molar-refractivity contribution in [1.29, 1.82) is 0 Å². The number of anilines is 1. The minimum atomic E-state index is -0.550. The maximum absolute atomic E-state index is 11.1. The average molecular weight is 256 g/mol. The van der Waals surface area contributed by atoms with Crippen LogP contribution in [0.3, 0.4) is 0 Å². The summed E-state index contributed by atoms with van der Waals surface area (Å²) < 4.78 is 9.85. The van der Waals surface area contributed by atoms with Crippen LogP contribution in [-0.2, 0) is 0 Å². The Morgan fingerprint density at radius 2 is 1.83 bits per heavy atom. The smallest absolute Gasteiger partial charge is 0.373 e. The van der Waals surface area contributed by atoms with Crippen molar-refractivity contribution < 1.29 is 14.4 Å². The monoisotopic (exact) mass is 256 g/mol. The van der Waals surface area contributed by atoms with E-state index in [9.17, 15) is 10.1 Å². The van der Waals surface area contributed by atoms with E-state index in [0.717, 1.165) is 0 Å². The van der Waals surface area contributed by atoms with Crippen LogP contribution >= 0.6 is 0 Å². The normalized spacial score (nSPS) is 10.0.